The monoisotopic (exact) mass is 329 g/mol. The molecular formula is C19H23NO2S. The van der Waals surface area contributed by atoms with Crippen LogP contribution in [0.4, 0.5) is 0 Å². The molecule has 0 saturated carbocycles. The fourth-order valence-electron chi connectivity index (χ4n) is 2.17. The van der Waals surface area contributed by atoms with Gasteiger partial charge >= 0.3 is 0 Å². The molecule has 1 amide bonds. The molecule has 3 nitrogen and oxygen atoms in total. The molecule has 0 saturated heterocycles. The molecule has 2 rings (SSSR count). The first-order valence-electron chi connectivity index (χ1n) is 7.71. The molecule has 0 aliphatic carbocycles. The lowest BCUT2D eigenvalue weighted by atomic mass is 10.2. The number of benzene rings is 2. The first-order chi connectivity index (χ1) is 11.1. The van der Waals surface area contributed by atoms with Crippen molar-refractivity contribution in [3.63, 3.8) is 0 Å². The highest BCUT2D eigenvalue weighted by molar-refractivity contribution is 7.98. The predicted octanol–water partition coefficient (Wildman–Crippen LogP) is 4.01. The Balaban J connectivity index is 1.83. The Morgan fingerprint density at radius 2 is 1.65 bits per heavy atom. The van der Waals surface area contributed by atoms with E-state index in [-0.39, 0.29) is 12.5 Å². The third-order valence-electron chi connectivity index (χ3n) is 3.70. The number of thioether (sulfide) groups is 1. The van der Waals surface area contributed by atoms with Gasteiger partial charge in [-0.3, -0.25) is 4.79 Å². The Kier molecular flexibility index (Phi) is 6.53. The number of hydrogen-bond donors (Lipinski definition) is 0. The Hall–Kier alpha value is -1.94. The molecule has 0 aromatic heterocycles. The minimum absolute atomic E-state index is 0.0292. The van der Waals surface area contributed by atoms with Crippen LogP contribution in [0.2, 0.25) is 0 Å². The summed E-state index contributed by atoms with van der Waals surface area (Å²) in [6.07, 6.45) is 3.05. The summed E-state index contributed by atoms with van der Waals surface area (Å²) in [5, 5.41) is 0. The van der Waals surface area contributed by atoms with Crippen molar-refractivity contribution in [2.75, 3.05) is 19.9 Å². The van der Waals surface area contributed by atoms with E-state index in [2.05, 4.69) is 37.4 Å². The molecule has 0 unspecified atom stereocenters. The summed E-state index contributed by atoms with van der Waals surface area (Å²) in [4.78, 5) is 15.1. The van der Waals surface area contributed by atoms with Crippen molar-refractivity contribution < 1.29 is 9.53 Å². The van der Waals surface area contributed by atoms with Crippen LogP contribution in [-0.4, -0.2) is 30.7 Å². The minimum atomic E-state index is -0.0292. The van der Waals surface area contributed by atoms with Gasteiger partial charge in [0, 0.05) is 18.5 Å². The fourth-order valence-corrected chi connectivity index (χ4v) is 2.58. The first kappa shape index (κ1) is 17.4. The molecule has 0 atom stereocenters. The van der Waals surface area contributed by atoms with Crippen LogP contribution < -0.4 is 4.74 Å². The van der Waals surface area contributed by atoms with E-state index in [1.165, 1.54) is 10.5 Å². The summed E-state index contributed by atoms with van der Waals surface area (Å²) in [6, 6.07) is 16.1. The molecule has 2 aromatic carbocycles. The quantitative estimate of drug-likeness (QED) is 0.719. The molecule has 0 N–H and O–H groups in total. The maximum absolute atomic E-state index is 12.2. The Bertz CT molecular complexity index is 623. The van der Waals surface area contributed by atoms with Crippen molar-refractivity contribution in [3.05, 3.63) is 59.7 Å². The van der Waals surface area contributed by atoms with E-state index in [9.17, 15) is 4.79 Å². The average molecular weight is 329 g/mol. The molecule has 0 aliphatic heterocycles. The second-order valence-corrected chi connectivity index (χ2v) is 6.26. The van der Waals surface area contributed by atoms with Gasteiger partial charge < -0.3 is 9.64 Å². The number of carbonyl (C=O) groups excluding carboxylic acids is 1. The smallest absolute Gasteiger partial charge is 0.260 e. The second-order valence-electron chi connectivity index (χ2n) is 5.38. The number of likely N-dealkylation sites (N-methyl/N-ethyl adjacent to an activating group) is 1. The van der Waals surface area contributed by atoms with Crippen LogP contribution in [0.25, 0.3) is 0 Å². The number of rotatable bonds is 7. The minimum Gasteiger partial charge on any atom is -0.484 e. The second kappa shape index (κ2) is 8.63. The van der Waals surface area contributed by atoms with Crippen molar-refractivity contribution >= 4 is 17.7 Å². The first-order valence-corrected chi connectivity index (χ1v) is 8.93. The zero-order chi connectivity index (χ0) is 16.7. The summed E-state index contributed by atoms with van der Waals surface area (Å²) >= 11 is 1.71. The molecule has 0 aliphatic rings. The summed E-state index contributed by atoms with van der Waals surface area (Å²) in [6.45, 7) is 2.76. The van der Waals surface area contributed by atoms with Crippen molar-refractivity contribution in [1.29, 1.82) is 0 Å². The number of hydrogen-bond acceptors (Lipinski definition) is 3. The van der Waals surface area contributed by atoms with Gasteiger partial charge in [0.25, 0.3) is 5.91 Å². The zero-order valence-corrected chi connectivity index (χ0v) is 14.7. The van der Waals surface area contributed by atoms with Gasteiger partial charge in [0.15, 0.2) is 6.61 Å². The third-order valence-corrected chi connectivity index (χ3v) is 4.44. The van der Waals surface area contributed by atoms with Crippen molar-refractivity contribution in [3.8, 4) is 5.75 Å². The average Bonchev–Trinajstić information content (AvgIpc) is 2.60. The highest BCUT2D eigenvalue weighted by Gasteiger charge is 2.10. The lowest BCUT2D eigenvalue weighted by Crippen LogP contribution is -2.30. The number of ether oxygens (including phenoxy) is 1. The van der Waals surface area contributed by atoms with Crippen molar-refractivity contribution in [2.24, 2.45) is 0 Å². The highest BCUT2D eigenvalue weighted by Crippen LogP contribution is 2.16. The van der Waals surface area contributed by atoms with Crippen molar-refractivity contribution in [2.45, 2.75) is 24.8 Å². The molecule has 2 aromatic rings. The Morgan fingerprint density at radius 3 is 2.22 bits per heavy atom. The van der Waals surface area contributed by atoms with Crippen molar-refractivity contribution in [1.82, 2.24) is 4.90 Å². The van der Waals surface area contributed by atoms with Crippen LogP contribution in [0.1, 0.15) is 18.1 Å². The van der Waals surface area contributed by atoms with E-state index in [0.29, 0.717) is 6.54 Å². The maximum Gasteiger partial charge on any atom is 0.260 e. The normalized spacial score (nSPS) is 10.4. The van der Waals surface area contributed by atoms with E-state index in [4.69, 9.17) is 4.74 Å². The van der Waals surface area contributed by atoms with Gasteiger partial charge in [0.1, 0.15) is 5.75 Å². The van der Waals surface area contributed by atoms with Gasteiger partial charge in [-0.05, 0) is 48.1 Å². The predicted molar refractivity (Wildman–Crippen MR) is 96.0 cm³/mol. The molecule has 0 bridgehead atoms. The van der Waals surface area contributed by atoms with E-state index in [0.717, 1.165) is 17.7 Å². The van der Waals surface area contributed by atoms with Crippen LogP contribution in [0.15, 0.2) is 53.4 Å². The van der Waals surface area contributed by atoms with Crippen LogP contribution in [0.5, 0.6) is 5.75 Å². The maximum atomic E-state index is 12.2. The summed E-state index contributed by atoms with van der Waals surface area (Å²) < 4.78 is 5.57. The number of aryl methyl sites for hydroxylation is 1. The van der Waals surface area contributed by atoms with Crippen LogP contribution in [0.3, 0.4) is 0 Å². The summed E-state index contributed by atoms with van der Waals surface area (Å²) in [7, 11) is 1.80. The van der Waals surface area contributed by atoms with Gasteiger partial charge in [0.05, 0.1) is 0 Å². The van der Waals surface area contributed by atoms with Gasteiger partial charge in [-0.2, -0.15) is 0 Å². The topological polar surface area (TPSA) is 29.5 Å². The SMILES string of the molecule is CCc1ccc(OCC(=O)N(C)Cc2ccc(SC)cc2)cc1. The zero-order valence-electron chi connectivity index (χ0n) is 13.9. The molecular weight excluding hydrogens is 306 g/mol. The number of nitrogens with zero attached hydrogens (tertiary/aromatic N) is 1. The standard InChI is InChI=1S/C19H23NO2S/c1-4-15-5-9-17(10-6-15)22-14-19(21)20(2)13-16-7-11-18(23-3)12-8-16/h5-12H,4,13-14H2,1-3H3. The third kappa shape index (κ3) is 5.32. The molecule has 0 fully saturated rings. The molecule has 4 heteroatoms. The lowest BCUT2D eigenvalue weighted by molar-refractivity contribution is -0.132. The van der Waals surface area contributed by atoms with Crippen LogP contribution in [0, 0.1) is 0 Å². The molecule has 0 heterocycles. The number of amides is 1. The lowest BCUT2D eigenvalue weighted by Gasteiger charge is -2.18. The van der Waals surface area contributed by atoms with Crippen LogP contribution >= 0.6 is 11.8 Å². The van der Waals surface area contributed by atoms with Crippen LogP contribution in [-0.2, 0) is 17.8 Å². The Labute approximate surface area is 142 Å². The Morgan fingerprint density at radius 1 is 1.04 bits per heavy atom. The van der Waals surface area contributed by atoms with E-state index in [1.807, 2.05) is 24.3 Å². The largest absolute Gasteiger partial charge is 0.484 e. The van der Waals surface area contributed by atoms with Gasteiger partial charge in [0.2, 0.25) is 0 Å². The fraction of sp³-hybridized carbons (Fsp3) is 0.316. The van der Waals surface area contributed by atoms with Gasteiger partial charge in [-0.15, -0.1) is 11.8 Å². The molecule has 0 radical (unpaired) electrons. The van der Waals surface area contributed by atoms with E-state index < -0.39 is 0 Å². The summed E-state index contributed by atoms with van der Waals surface area (Å²) in [5.74, 6) is 0.701. The highest BCUT2D eigenvalue weighted by atomic mass is 32.2. The van der Waals surface area contributed by atoms with Gasteiger partial charge in [-0.25, -0.2) is 0 Å². The molecule has 122 valence electrons. The number of carbonyl (C=O) groups is 1. The molecule has 0 spiro atoms. The molecule has 23 heavy (non-hydrogen) atoms. The van der Waals surface area contributed by atoms with E-state index >= 15 is 0 Å². The van der Waals surface area contributed by atoms with Gasteiger partial charge in [-0.1, -0.05) is 31.2 Å². The summed E-state index contributed by atoms with van der Waals surface area (Å²) in [5.41, 5.74) is 2.38. The van der Waals surface area contributed by atoms with E-state index in [1.54, 1.807) is 23.7 Å².